The Labute approximate surface area is 114 Å². The number of benzene rings is 1. The van der Waals surface area contributed by atoms with E-state index in [1.54, 1.807) is 0 Å². The Balaban J connectivity index is 1.98. The Morgan fingerprint density at radius 1 is 1.39 bits per heavy atom. The fourth-order valence-corrected chi connectivity index (χ4v) is 3.05. The lowest BCUT2D eigenvalue weighted by Gasteiger charge is -2.02. The zero-order chi connectivity index (χ0) is 13.2. The van der Waals surface area contributed by atoms with Crippen LogP contribution in [0, 0.1) is 0 Å². The minimum absolute atomic E-state index is 0.322. The zero-order valence-corrected chi connectivity index (χ0v) is 12.0. The highest BCUT2D eigenvalue weighted by Gasteiger charge is 2.06. The van der Waals surface area contributed by atoms with E-state index in [1.807, 2.05) is 18.2 Å². The third kappa shape index (κ3) is 3.55. The highest BCUT2D eigenvalue weighted by atomic mass is 35.5. The largest absolute Gasteiger partial charge is 0.360 e. The normalized spacial score (nSPS) is 11.9. The van der Waals surface area contributed by atoms with Crippen molar-refractivity contribution in [3.63, 3.8) is 0 Å². The summed E-state index contributed by atoms with van der Waals surface area (Å²) < 4.78 is 25.0. The Hall–Kier alpha value is -0.890. The van der Waals surface area contributed by atoms with Crippen LogP contribution in [0.5, 0.6) is 0 Å². The second-order valence-corrected chi connectivity index (χ2v) is 6.94. The zero-order valence-electron chi connectivity index (χ0n) is 9.60. The summed E-state index contributed by atoms with van der Waals surface area (Å²) in [7, 11) is -3.14. The first-order valence-electron chi connectivity index (χ1n) is 5.19. The molecule has 5 nitrogen and oxygen atoms in total. The topological polar surface area (TPSA) is 71.1 Å². The second kappa shape index (κ2) is 5.40. The third-order valence-corrected chi connectivity index (χ3v) is 4.35. The monoisotopic (exact) mass is 305 g/mol. The van der Waals surface area contributed by atoms with Gasteiger partial charge in [0, 0.05) is 13.1 Å². The molecule has 0 aliphatic rings. The molecule has 0 atom stereocenters. The number of hydrogen-bond donors (Lipinski definition) is 2. The van der Waals surface area contributed by atoms with Crippen LogP contribution in [0.1, 0.15) is 0 Å². The summed E-state index contributed by atoms with van der Waals surface area (Å²) in [6.45, 7) is 0.799. The molecule has 0 bridgehead atoms. The molecule has 0 aliphatic carbocycles. The molecule has 1 heterocycles. The fraction of sp³-hybridized carbons (Fsp3) is 0.300. The van der Waals surface area contributed by atoms with Gasteiger partial charge in [0.2, 0.25) is 10.0 Å². The van der Waals surface area contributed by atoms with E-state index in [2.05, 4.69) is 15.0 Å². The molecule has 0 saturated heterocycles. The predicted molar refractivity (Wildman–Crippen MR) is 76.0 cm³/mol. The van der Waals surface area contributed by atoms with Crippen molar-refractivity contribution in [2.45, 2.75) is 0 Å². The average molecular weight is 306 g/mol. The highest BCUT2D eigenvalue weighted by Crippen LogP contribution is 2.31. The van der Waals surface area contributed by atoms with E-state index in [-0.39, 0.29) is 0 Å². The fourth-order valence-electron chi connectivity index (χ4n) is 1.40. The molecule has 8 heteroatoms. The Morgan fingerprint density at radius 3 is 2.83 bits per heavy atom. The highest BCUT2D eigenvalue weighted by molar-refractivity contribution is 7.88. The van der Waals surface area contributed by atoms with Gasteiger partial charge < -0.3 is 5.32 Å². The van der Waals surface area contributed by atoms with E-state index >= 15 is 0 Å². The van der Waals surface area contributed by atoms with Gasteiger partial charge in [-0.25, -0.2) is 18.1 Å². The summed E-state index contributed by atoms with van der Waals surface area (Å²) in [5.41, 5.74) is 0.839. The first kappa shape index (κ1) is 13.5. The molecule has 18 heavy (non-hydrogen) atoms. The van der Waals surface area contributed by atoms with Gasteiger partial charge in [-0.2, -0.15) is 0 Å². The standard InChI is InChI=1S/C10H12ClN3O2S2/c1-18(15,16)13-6-5-12-10-14-8-4-2-3-7(11)9(8)17-10/h2-4,13H,5-6H2,1H3,(H,12,14). The number of nitrogens with zero attached hydrogens (tertiary/aromatic N) is 1. The number of anilines is 1. The van der Waals surface area contributed by atoms with Gasteiger partial charge in [0.15, 0.2) is 5.13 Å². The third-order valence-electron chi connectivity index (χ3n) is 2.13. The smallest absolute Gasteiger partial charge is 0.208 e. The van der Waals surface area contributed by atoms with Crippen molar-refractivity contribution < 1.29 is 8.42 Å². The predicted octanol–water partition coefficient (Wildman–Crippen LogP) is 1.91. The van der Waals surface area contributed by atoms with Gasteiger partial charge in [0.1, 0.15) is 0 Å². The van der Waals surface area contributed by atoms with Crippen LogP contribution in [0.4, 0.5) is 5.13 Å². The van der Waals surface area contributed by atoms with E-state index in [1.165, 1.54) is 11.3 Å². The summed E-state index contributed by atoms with van der Waals surface area (Å²) in [6.07, 6.45) is 1.13. The minimum atomic E-state index is -3.14. The Kier molecular flexibility index (Phi) is 4.06. The van der Waals surface area contributed by atoms with Crippen LogP contribution in [0.15, 0.2) is 18.2 Å². The van der Waals surface area contributed by atoms with Gasteiger partial charge in [-0.1, -0.05) is 29.0 Å². The number of rotatable bonds is 5. The van der Waals surface area contributed by atoms with Crippen LogP contribution in [0.3, 0.4) is 0 Å². The molecule has 1 aromatic carbocycles. The lowest BCUT2D eigenvalue weighted by Crippen LogP contribution is -2.27. The summed E-state index contributed by atoms with van der Waals surface area (Å²) in [5, 5.41) is 4.46. The number of fused-ring (bicyclic) bond motifs is 1. The van der Waals surface area contributed by atoms with Crippen LogP contribution in [-0.2, 0) is 10.0 Å². The Bertz CT molecular complexity index is 654. The molecule has 0 saturated carbocycles. The van der Waals surface area contributed by atoms with Gasteiger partial charge >= 0.3 is 0 Å². The molecule has 0 amide bonds. The molecule has 0 radical (unpaired) electrons. The lowest BCUT2D eigenvalue weighted by atomic mass is 10.3. The van der Waals surface area contributed by atoms with Crippen molar-refractivity contribution in [1.82, 2.24) is 9.71 Å². The SMILES string of the molecule is CS(=O)(=O)NCCNc1nc2cccc(Cl)c2s1. The minimum Gasteiger partial charge on any atom is -0.360 e. The van der Waals surface area contributed by atoms with Crippen LogP contribution in [0.2, 0.25) is 5.02 Å². The maximum Gasteiger partial charge on any atom is 0.208 e. The molecule has 0 fully saturated rings. The van der Waals surface area contributed by atoms with E-state index in [0.29, 0.717) is 18.1 Å². The molecule has 0 spiro atoms. The molecular weight excluding hydrogens is 294 g/mol. The summed E-state index contributed by atoms with van der Waals surface area (Å²) in [6, 6.07) is 5.55. The van der Waals surface area contributed by atoms with Crippen molar-refractivity contribution in [1.29, 1.82) is 0 Å². The molecule has 2 rings (SSSR count). The van der Waals surface area contributed by atoms with Crippen molar-refractivity contribution in [2.24, 2.45) is 0 Å². The van der Waals surface area contributed by atoms with Crippen LogP contribution >= 0.6 is 22.9 Å². The van der Waals surface area contributed by atoms with Gasteiger partial charge in [-0.15, -0.1) is 0 Å². The van der Waals surface area contributed by atoms with E-state index in [9.17, 15) is 8.42 Å². The van der Waals surface area contributed by atoms with E-state index in [4.69, 9.17) is 11.6 Å². The molecule has 0 unspecified atom stereocenters. The van der Waals surface area contributed by atoms with Gasteiger partial charge in [-0.05, 0) is 12.1 Å². The van der Waals surface area contributed by atoms with Crippen molar-refractivity contribution >= 4 is 48.3 Å². The molecule has 0 aliphatic heterocycles. The number of nitrogens with one attached hydrogen (secondary N) is 2. The summed E-state index contributed by atoms with van der Waals surface area (Å²) in [4.78, 5) is 4.35. The number of aromatic nitrogens is 1. The summed E-state index contributed by atoms with van der Waals surface area (Å²) >= 11 is 7.49. The first-order valence-corrected chi connectivity index (χ1v) is 8.28. The lowest BCUT2D eigenvalue weighted by molar-refractivity contribution is 0.589. The van der Waals surface area contributed by atoms with E-state index < -0.39 is 10.0 Å². The molecule has 2 aromatic rings. The van der Waals surface area contributed by atoms with Gasteiger partial charge in [-0.3, -0.25) is 0 Å². The van der Waals surface area contributed by atoms with Crippen molar-refractivity contribution in [3.8, 4) is 0 Å². The molecule has 98 valence electrons. The van der Waals surface area contributed by atoms with Crippen molar-refractivity contribution in [2.75, 3.05) is 24.7 Å². The number of hydrogen-bond acceptors (Lipinski definition) is 5. The number of halogens is 1. The molecule has 1 aromatic heterocycles. The van der Waals surface area contributed by atoms with Crippen LogP contribution < -0.4 is 10.0 Å². The van der Waals surface area contributed by atoms with Gasteiger partial charge in [0.05, 0.1) is 21.5 Å². The quantitative estimate of drug-likeness (QED) is 0.828. The molecule has 2 N–H and O–H groups in total. The maximum absolute atomic E-state index is 10.9. The second-order valence-electron chi connectivity index (χ2n) is 3.70. The van der Waals surface area contributed by atoms with Crippen LogP contribution in [0.25, 0.3) is 10.2 Å². The number of thiazole rings is 1. The van der Waals surface area contributed by atoms with E-state index in [0.717, 1.165) is 21.6 Å². The first-order chi connectivity index (χ1) is 8.46. The number of sulfonamides is 1. The Morgan fingerprint density at radius 2 is 2.17 bits per heavy atom. The average Bonchev–Trinajstić information content (AvgIpc) is 2.68. The van der Waals surface area contributed by atoms with Crippen LogP contribution in [-0.4, -0.2) is 32.7 Å². The van der Waals surface area contributed by atoms with Gasteiger partial charge in [0.25, 0.3) is 0 Å². The summed E-state index contributed by atoms with van der Waals surface area (Å²) in [5.74, 6) is 0. The molecular formula is C10H12ClN3O2S2. The van der Waals surface area contributed by atoms with Crippen molar-refractivity contribution in [3.05, 3.63) is 23.2 Å². The maximum atomic E-state index is 10.9.